The molecule has 0 bridgehead atoms. The number of amides is 1. The van der Waals surface area contributed by atoms with Crippen molar-refractivity contribution in [2.24, 2.45) is 5.92 Å². The molecule has 0 atom stereocenters. The van der Waals surface area contributed by atoms with E-state index in [-0.39, 0.29) is 12.5 Å². The number of hydrogen-bond donors (Lipinski definition) is 1. The minimum absolute atomic E-state index is 0.0982. The van der Waals surface area contributed by atoms with Gasteiger partial charge in [0.25, 0.3) is 0 Å². The van der Waals surface area contributed by atoms with Gasteiger partial charge in [0.1, 0.15) is 12.4 Å². The lowest BCUT2D eigenvalue weighted by Crippen LogP contribution is -2.48. The summed E-state index contributed by atoms with van der Waals surface area (Å²) in [6.45, 7) is 11.9. The van der Waals surface area contributed by atoms with E-state index in [9.17, 15) is 4.79 Å². The van der Waals surface area contributed by atoms with Gasteiger partial charge < -0.3 is 19.7 Å². The molecule has 2 aliphatic rings. The number of nitrogens with one attached hydrogen (secondary N) is 1. The predicted molar refractivity (Wildman–Crippen MR) is 109 cm³/mol. The second kappa shape index (κ2) is 9.42. The summed E-state index contributed by atoms with van der Waals surface area (Å²) >= 11 is 0. The number of benzene rings is 1. The zero-order chi connectivity index (χ0) is 19.2. The number of ether oxygens (including phenoxy) is 2. The normalized spacial score (nSPS) is 18.0. The minimum atomic E-state index is -0.130. The van der Waals surface area contributed by atoms with Gasteiger partial charge in [-0.25, -0.2) is 0 Å². The molecule has 0 radical (unpaired) electrons. The van der Waals surface area contributed by atoms with Crippen LogP contribution in [0, 0.1) is 5.92 Å². The fourth-order valence-electron chi connectivity index (χ4n) is 3.37. The SMILES string of the molecule is CCOc1cc(N2CCN(C(C)C)CC2)ccc1NC(=O)COCC1CC1. The third-order valence-corrected chi connectivity index (χ3v) is 5.23. The molecule has 1 amide bonds. The molecular weight excluding hydrogens is 342 g/mol. The molecule has 1 saturated heterocycles. The maximum absolute atomic E-state index is 12.1. The third-order valence-electron chi connectivity index (χ3n) is 5.23. The van der Waals surface area contributed by atoms with E-state index in [1.165, 1.54) is 12.8 Å². The van der Waals surface area contributed by atoms with Gasteiger partial charge in [0.05, 0.1) is 18.9 Å². The van der Waals surface area contributed by atoms with Crippen LogP contribution in [0.5, 0.6) is 5.75 Å². The first-order valence-corrected chi connectivity index (χ1v) is 10.2. The van der Waals surface area contributed by atoms with E-state index < -0.39 is 0 Å². The molecule has 1 saturated carbocycles. The van der Waals surface area contributed by atoms with Crippen molar-refractivity contribution < 1.29 is 14.3 Å². The topological polar surface area (TPSA) is 54.0 Å². The molecule has 1 aromatic carbocycles. The zero-order valence-electron chi connectivity index (χ0n) is 16.9. The number of piperazine rings is 1. The van der Waals surface area contributed by atoms with E-state index in [0.29, 0.717) is 30.9 Å². The summed E-state index contributed by atoms with van der Waals surface area (Å²) in [5.74, 6) is 1.25. The Kier molecular flexibility index (Phi) is 6.96. The molecular formula is C21H33N3O3. The maximum atomic E-state index is 12.1. The van der Waals surface area contributed by atoms with Crippen molar-refractivity contribution in [3.05, 3.63) is 18.2 Å². The number of hydrogen-bond acceptors (Lipinski definition) is 5. The maximum Gasteiger partial charge on any atom is 0.250 e. The van der Waals surface area contributed by atoms with E-state index in [4.69, 9.17) is 9.47 Å². The van der Waals surface area contributed by atoms with Gasteiger partial charge in [-0.3, -0.25) is 9.69 Å². The Hall–Kier alpha value is -1.79. The van der Waals surface area contributed by atoms with Crippen LogP contribution in [0.25, 0.3) is 0 Å². The van der Waals surface area contributed by atoms with Crippen molar-refractivity contribution in [1.29, 1.82) is 0 Å². The van der Waals surface area contributed by atoms with Crippen molar-refractivity contribution >= 4 is 17.3 Å². The summed E-state index contributed by atoms with van der Waals surface area (Å²) < 4.78 is 11.3. The van der Waals surface area contributed by atoms with Gasteiger partial charge in [-0.05, 0) is 51.7 Å². The van der Waals surface area contributed by atoms with Crippen LogP contribution in [0.3, 0.4) is 0 Å². The fourth-order valence-corrected chi connectivity index (χ4v) is 3.37. The molecule has 150 valence electrons. The van der Waals surface area contributed by atoms with Crippen LogP contribution >= 0.6 is 0 Å². The monoisotopic (exact) mass is 375 g/mol. The van der Waals surface area contributed by atoms with Gasteiger partial charge in [-0.2, -0.15) is 0 Å². The second-order valence-corrected chi connectivity index (χ2v) is 7.74. The molecule has 2 fully saturated rings. The molecule has 0 spiro atoms. The Balaban J connectivity index is 1.59. The molecule has 0 aromatic heterocycles. The first-order chi connectivity index (χ1) is 13.1. The summed E-state index contributed by atoms with van der Waals surface area (Å²) in [5.41, 5.74) is 1.85. The van der Waals surface area contributed by atoms with Gasteiger partial charge in [0, 0.05) is 44.0 Å². The Bertz CT molecular complexity index is 623. The molecule has 1 aliphatic carbocycles. The number of carbonyl (C=O) groups excluding carboxylic acids is 1. The molecule has 6 heteroatoms. The van der Waals surface area contributed by atoms with Gasteiger partial charge in [0.2, 0.25) is 5.91 Å². The zero-order valence-corrected chi connectivity index (χ0v) is 16.9. The molecule has 1 heterocycles. The van der Waals surface area contributed by atoms with Crippen LogP contribution < -0.4 is 15.0 Å². The predicted octanol–water partition coefficient (Wildman–Crippen LogP) is 2.98. The van der Waals surface area contributed by atoms with Crippen LogP contribution in [-0.2, 0) is 9.53 Å². The van der Waals surface area contributed by atoms with E-state index in [1.807, 2.05) is 19.1 Å². The summed E-state index contributed by atoms with van der Waals surface area (Å²) in [5, 5.41) is 2.93. The van der Waals surface area contributed by atoms with Crippen molar-refractivity contribution in [3.8, 4) is 5.75 Å². The number of nitrogens with zero attached hydrogens (tertiary/aromatic N) is 2. The van der Waals surface area contributed by atoms with Crippen LogP contribution in [0.1, 0.15) is 33.6 Å². The molecule has 0 unspecified atom stereocenters. The third kappa shape index (κ3) is 5.84. The highest BCUT2D eigenvalue weighted by molar-refractivity contribution is 5.93. The minimum Gasteiger partial charge on any atom is -0.492 e. The lowest BCUT2D eigenvalue weighted by atomic mass is 10.2. The molecule has 3 rings (SSSR count). The average Bonchev–Trinajstić information content (AvgIpc) is 3.48. The summed E-state index contributed by atoms with van der Waals surface area (Å²) in [6.07, 6.45) is 2.45. The van der Waals surface area contributed by atoms with Gasteiger partial charge in [-0.15, -0.1) is 0 Å². The molecule has 27 heavy (non-hydrogen) atoms. The van der Waals surface area contributed by atoms with Crippen molar-refractivity contribution in [2.45, 2.75) is 39.7 Å². The summed E-state index contributed by atoms with van der Waals surface area (Å²) in [6, 6.07) is 6.63. The lowest BCUT2D eigenvalue weighted by molar-refractivity contribution is -0.120. The highest BCUT2D eigenvalue weighted by Gasteiger charge is 2.22. The molecule has 1 N–H and O–H groups in total. The Morgan fingerprint density at radius 3 is 2.59 bits per heavy atom. The quantitative estimate of drug-likeness (QED) is 0.719. The van der Waals surface area contributed by atoms with Crippen LogP contribution in [0.2, 0.25) is 0 Å². The van der Waals surface area contributed by atoms with Crippen LogP contribution in [-0.4, -0.2) is 62.8 Å². The Labute approximate surface area is 162 Å². The van der Waals surface area contributed by atoms with Crippen LogP contribution in [0.15, 0.2) is 18.2 Å². The second-order valence-electron chi connectivity index (χ2n) is 7.74. The Morgan fingerprint density at radius 1 is 1.22 bits per heavy atom. The molecule has 1 aliphatic heterocycles. The van der Waals surface area contributed by atoms with Crippen LogP contribution in [0.4, 0.5) is 11.4 Å². The largest absolute Gasteiger partial charge is 0.492 e. The Morgan fingerprint density at radius 2 is 1.96 bits per heavy atom. The summed E-state index contributed by atoms with van der Waals surface area (Å²) in [7, 11) is 0. The van der Waals surface area contributed by atoms with Gasteiger partial charge in [-0.1, -0.05) is 0 Å². The van der Waals surface area contributed by atoms with Crippen molar-refractivity contribution in [1.82, 2.24) is 4.90 Å². The first-order valence-electron chi connectivity index (χ1n) is 10.2. The van der Waals surface area contributed by atoms with E-state index in [1.54, 1.807) is 0 Å². The van der Waals surface area contributed by atoms with E-state index in [2.05, 4.69) is 35.0 Å². The lowest BCUT2D eigenvalue weighted by Gasteiger charge is -2.38. The first kappa shape index (κ1) is 20.0. The highest BCUT2D eigenvalue weighted by Crippen LogP contribution is 2.31. The van der Waals surface area contributed by atoms with E-state index in [0.717, 1.165) is 37.6 Å². The van der Waals surface area contributed by atoms with Crippen molar-refractivity contribution in [2.75, 3.05) is 56.2 Å². The van der Waals surface area contributed by atoms with Gasteiger partial charge >= 0.3 is 0 Å². The van der Waals surface area contributed by atoms with Gasteiger partial charge in [0.15, 0.2) is 0 Å². The van der Waals surface area contributed by atoms with Crippen molar-refractivity contribution in [3.63, 3.8) is 0 Å². The molecule has 6 nitrogen and oxygen atoms in total. The standard InChI is InChI=1S/C21H33N3O3/c1-4-27-20-13-18(24-11-9-23(10-12-24)16(2)3)7-8-19(20)22-21(25)15-26-14-17-5-6-17/h7-8,13,16-17H,4-6,9-12,14-15H2,1-3H3,(H,22,25). The van der Waals surface area contributed by atoms with E-state index >= 15 is 0 Å². The number of anilines is 2. The number of rotatable bonds is 9. The summed E-state index contributed by atoms with van der Waals surface area (Å²) in [4.78, 5) is 17.0. The highest BCUT2D eigenvalue weighted by atomic mass is 16.5. The smallest absolute Gasteiger partial charge is 0.250 e. The average molecular weight is 376 g/mol. The molecule has 1 aromatic rings. The number of carbonyl (C=O) groups is 1. The fraction of sp³-hybridized carbons (Fsp3) is 0.667.